The van der Waals surface area contributed by atoms with Crippen molar-refractivity contribution in [3.8, 4) is 0 Å². The maximum Gasteiger partial charge on any atom is 0.123 e. The van der Waals surface area contributed by atoms with Gasteiger partial charge < -0.3 is 5.32 Å². The van der Waals surface area contributed by atoms with Crippen molar-refractivity contribution in [3.05, 3.63) is 69.8 Å². The van der Waals surface area contributed by atoms with Gasteiger partial charge >= 0.3 is 0 Å². The molecule has 3 rings (SSSR count). The van der Waals surface area contributed by atoms with E-state index in [0.29, 0.717) is 0 Å². The van der Waals surface area contributed by atoms with Gasteiger partial charge in [-0.1, -0.05) is 18.2 Å². The molecule has 3 aromatic rings. The first-order valence-corrected chi connectivity index (χ1v) is 7.83. The Morgan fingerprint density at radius 1 is 1.00 bits per heavy atom. The molecule has 1 nitrogen and oxygen atoms in total. The Hall–Kier alpha value is -1.71. The maximum absolute atomic E-state index is 13.3. The van der Waals surface area contributed by atoms with Crippen molar-refractivity contribution in [2.24, 2.45) is 0 Å². The molecule has 108 valence electrons. The van der Waals surface area contributed by atoms with Crippen LogP contribution >= 0.6 is 11.3 Å². The van der Waals surface area contributed by atoms with E-state index < -0.39 is 0 Å². The van der Waals surface area contributed by atoms with Crippen molar-refractivity contribution in [3.63, 3.8) is 0 Å². The number of hydrogen-bond acceptors (Lipinski definition) is 2. The molecule has 3 heteroatoms. The first kappa shape index (κ1) is 14.2. The average molecular weight is 299 g/mol. The van der Waals surface area contributed by atoms with E-state index in [2.05, 4.69) is 43.4 Å². The van der Waals surface area contributed by atoms with Crippen molar-refractivity contribution < 1.29 is 4.39 Å². The van der Waals surface area contributed by atoms with E-state index in [9.17, 15) is 4.39 Å². The summed E-state index contributed by atoms with van der Waals surface area (Å²) in [6.07, 6.45) is 0. The summed E-state index contributed by atoms with van der Waals surface area (Å²) in [7, 11) is 1.96. The zero-order valence-corrected chi connectivity index (χ0v) is 13.2. The Morgan fingerprint density at radius 3 is 2.52 bits per heavy atom. The number of fused-ring (bicyclic) bond motifs is 1. The Labute approximate surface area is 128 Å². The third-order valence-electron chi connectivity index (χ3n) is 3.93. The van der Waals surface area contributed by atoms with Crippen LogP contribution in [0.15, 0.2) is 42.5 Å². The first-order chi connectivity index (χ1) is 10.1. The summed E-state index contributed by atoms with van der Waals surface area (Å²) in [6, 6.07) is 13.7. The van der Waals surface area contributed by atoms with Crippen LogP contribution in [0.3, 0.4) is 0 Å². The molecule has 0 saturated carbocycles. The number of halogens is 1. The third kappa shape index (κ3) is 2.71. The highest BCUT2D eigenvalue weighted by Crippen LogP contribution is 2.33. The lowest BCUT2D eigenvalue weighted by Gasteiger charge is -2.16. The minimum absolute atomic E-state index is 0.143. The quantitative estimate of drug-likeness (QED) is 0.720. The molecule has 0 fully saturated rings. The summed E-state index contributed by atoms with van der Waals surface area (Å²) in [5, 5.41) is 4.34. The van der Waals surface area contributed by atoms with Crippen molar-refractivity contribution in [2.75, 3.05) is 7.05 Å². The molecule has 0 spiro atoms. The molecule has 0 saturated heterocycles. The molecule has 2 aromatic carbocycles. The van der Waals surface area contributed by atoms with Crippen molar-refractivity contribution in [1.82, 2.24) is 5.32 Å². The van der Waals surface area contributed by atoms with Gasteiger partial charge in [-0.05, 0) is 67.2 Å². The van der Waals surface area contributed by atoms with Crippen LogP contribution in [0, 0.1) is 19.7 Å². The van der Waals surface area contributed by atoms with Gasteiger partial charge in [0.2, 0.25) is 0 Å². The van der Waals surface area contributed by atoms with Gasteiger partial charge in [0.1, 0.15) is 5.82 Å². The van der Waals surface area contributed by atoms with Crippen molar-refractivity contribution >= 4 is 21.4 Å². The van der Waals surface area contributed by atoms with Crippen LogP contribution in [0.2, 0.25) is 0 Å². The molecule has 1 N–H and O–H groups in total. The van der Waals surface area contributed by atoms with E-state index in [1.807, 2.05) is 13.1 Å². The Morgan fingerprint density at radius 2 is 1.81 bits per heavy atom. The molecule has 1 atom stereocenters. The molecule has 21 heavy (non-hydrogen) atoms. The van der Waals surface area contributed by atoms with Gasteiger partial charge in [-0.3, -0.25) is 0 Å². The molecule has 0 aliphatic heterocycles. The average Bonchev–Trinajstić information content (AvgIpc) is 2.86. The Balaban J connectivity index is 2.06. The second kappa shape index (κ2) is 5.58. The van der Waals surface area contributed by atoms with Gasteiger partial charge in [0, 0.05) is 9.58 Å². The fraction of sp³-hybridized carbons (Fsp3) is 0.222. The van der Waals surface area contributed by atoms with Gasteiger partial charge in [0.05, 0.1) is 6.04 Å². The van der Waals surface area contributed by atoms with Gasteiger partial charge in [-0.25, -0.2) is 4.39 Å². The van der Waals surface area contributed by atoms with Crippen LogP contribution in [-0.4, -0.2) is 7.05 Å². The van der Waals surface area contributed by atoms with E-state index >= 15 is 0 Å². The first-order valence-electron chi connectivity index (χ1n) is 7.02. The SMILES string of the molecule is CNC(c1ccc(C)c(C)c1)c1cc2cc(F)ccc2s1. The fourth-order valence-corrected chi connectivity index (χ4v) is 3.78. The highest BCUT2D eigenvalue weighted by molar-refractivity contribution is 7.19. The minimum Gasteiger partial charge on any atom is -0.309 e. The van der Waals surface area contributed by atoms with Crippen molar-refractivity contribution in [1.29, 1.82) is 0 Å². The largest absolute Gasteiger partial charge is 0.309 e. The zero-order chi connectivity index (χ0) is 15.0. The number of hydrogen-bond donors (Lipinski definition) is 1. The van der Waals surface area contributed by atoms with E-state index in [4.69, 9.17) is 0 Å². The maximum atomic E-state index is 13.3. The smallest absolute Gasteiger partial charge is 0.123 e. The lowest BCUT2D eigenvalue weighted by atomic mass is 10.00. The van der Waals surface area contributed by atoms with Crippen LogP contribution < -0.4 is 5.32 Å². The molecule has 0 radical (unpaired) electrons. The Kier molecular flexibility index (Phi) is 3.79. The van der Waals surface area contributed by atoms with Gasteiger partial charge in [0.15, 0.2) is 0 Å². The Bertz CT molecular complexity index is 791. The van der Waals surface area contributed by atoms with E-state index in [-0.39, 0.29) is 11.9 Å². The van der Waals surface area contributed by atoms with Crippen LogP contribution in [0.5, 0.6) is 0 Å². The summed E-state index contributed by atoms with van der Waals surface area (Å²) >= 11 is 1.71. The summed E-state index contributed by atoms with van der Waals surface area (Å²) in [6.45, 7) is 4.25. The van der Waals surface area contributed by atoms with Gasteiger partial charge in [-0.2, -0.15) is 0 Å². The number of rotatable bonds is 3. The zero-order valence-electron chi connectivity index (χ0n) is 12.4. The molecule has 1 aromatic heterocycles. The van der Waals surface area contributed by atoms with Gasteiger partial charge in [-0.15, -0.1) is 11.3 Å². The van der Waals surface area contributed by atoms with Crippen LogP contribution in [0.1, 0.15) is 27.6 Å². The summed E-state index contributed by atoms with van der Waals surface area (Å²) in [5.41, 5.74) is 3.83. The van der Waals surface area contributed by atoms with Crippen molar-refractivity contribution in [2.45, 2.75) is 19.9 Å². The van der Waals surface area contributed by atoms with Crippen LogP contribution in [0.4, 0.5) is 4.39 Å². The lowest BCUT2D eigenvalue weighted by molar-refractivity contribution is 0.630. The van der Waals surface area contributed by atoms with Gasteiger partial charge in [0.25, 0.3) is 0 Å². The summed E-state index contributed by atoms with van der Waals surface area (Å²) in [5.74, 6) is -0.181. The molecular weight excluding hydrogens is 281 g/mol. The summed E-state index contributed by atoms with van der Waals surface area (Å²) < 4.78 is 14.5. The van der Waals surface area contributed by atoms with E-state index in [1.165, 1.54) is 27.6 Å². The van der Waals surface area contributed by atoms with Crippen LogP contribution in [0.25, 0.3) is 10.1 Å². The lowest BCUT2D eigenvalue weighted by Crippen LogP contribution is -2.16. The van der Waals surface area contributed by atoms with E-state index in [0.717, 1.165) is 10.1 Å². The third-order valence-corrected chi connectivity index (χ3v) is 5.12. The molecular formula is C18H18FNS. The predicted molar refractivity (Wildman–Crippen MR) is 88.6 cm³/mol. The molecule has 0 amide bonds. The molecule has 1 unspecified atom stereocenters. The number of thiophene rings is 1. The monoisotopic (exact) mass is 299 g/mol. The van der Waals surface area contributed by atoms with Crippen LogP contribution in [-0.2, 0) is 0 Å². The normalized spacial score (nSPS) is 12.8. The number of benzene rings is 2. The minimum atomic E-state index is -0.181. The number of aryl methyl sites for hydroxylation is 2. The fourth-order valence-electron chi connectivity index (χ4n) is 2.59. The molecule has 0 bridgehead atoms. The molecule has 0 aliphatic carbocycles. The second-order valence-electron chi connectivity index (χ2n) is 5.40. The highest BCUT2D eigenvalue weighted by atomic mass is 32.1. The number of nitrogens with one attached hydrogen (secondary N) is 1. The highest BCUT2D eigenvalue weighted by Gasteiger charge is 2.15. The standard InChI is InChI=1S/C18H18FNS/c1-11-4-5-13(8-12(11)2)18(20-3)17-10-14-9-15(19)6-7-16(14)21-17/h4-10,18,20H,1-3H3. The second-order valence-corrected chi connectivity index (χ2v) is 6.51. The summed E-state index contributed by atoms with van der Waals surface area (Å²) in [4.78, 5) is 1.21. The predicted octanol–water partition coefficient (Wildman–Crippen LogP) is 4.97. The van der Waals surface area contributed by atoms with E-state index in [1.54, 1.807) is 17.4 Å². The topological polar surface area (TPSA) is 12.0 Å². The molecule has 0 aliphatic rings. The molecule has 1 heterocycles.